The Balaban J connectivity index is 3.13. The fourth-order valence-corrected chi connectivity index (χ4v) is 2.56. The molecule has 0 aliphatic rings. The van der Waals surface area contributed by atoms with E-state index in [4.69, 9.17) is 10.5 Å². The molecular weight excluding hydrogens is 222 g/mol. The van der Waals surface area contributed by atoms with Crippen LogP contribution in [0.4, 0.5) is 0 Å². The summed E-state index contributed by atoms with van der Waals surface area (Å²) in [6.07, 6.45) is 2.02. The van der Waals surface area contributed by atoms with Crippen LogP contribution in [-0.2, 0) is 6.42 Å². The Labute approximate surface area is 112 Å². The fraction of sp³-hybridized carbons (Fsp3) is 0.625. The van der Waals surface area contributed by atoms with Gasteiger partial charge in [-0.3, -0.25) is 0 Å². The minimum Gasteiger partial charge on any atom is -0.496 e. The zero-order valence-electron chi connectivity index (χ0n) is 12.4. The number of benzene rings is 1. The molecule has 0 aromatic heterocycles. The largest absolute Gasteiger partial charge is 0.496 e. The number of aryl methyl sites for hydroxylation is 1. The van der Waals surface area contributed by atoms with E-state index in [1.807, 2.05) is 0 Å². The molecule has 2 nitrogen and oxygen atoms in total. The summed E-state index contributed by atoms with van der Waals surface area (Å²) >= 11 is 0. The summed E-state index contributed by atoms with van der Waals surface area (Å²) in [7, 11) is 1.73. The molecule has 0 aliphatic carbocycles. The maximum atomic E-state index is 5.77. The van der Waals surface area contributed by atoms with Crippen molar-refractivity contribution in [3.8, 4) is 5.75 Å². The monoisotopic (exact) mass is 249 g/mol. The van der Waals surface area contributed by atoms with E-state index in [9.17, 15) is 0 Å². The Bertz CT molecular complexity index is 379. The topological polar surface area (TPSA) is 35.2 Å². The first-order chi connectivity index (χ1) is 8.43. The standard InChI is InChI=1S/C16H27NO/c1-6-12-11-13(7-8-15(12)18-5)14(9-10-17)16(2,3)4/h7-8,11,14H,6,9-10,17H2,1-5H3. The lowest BCUT2D eigenvalue weighted by Gasteiger charge is -2.31. The molecule has 0 amide bonds. The van der Waals surface area contributed by atoms with Crippen molar-refractivity contribution >= 4 is 0 Å². The Morgan fingerprint density at radius 2 is 1.94 bits per heavy atom. The molecule has 0 saturated carbocycles. The van der Waals surface area contributed by atoms with Gasteiger partial charge in [-0.1, -0.05) is 39.8 Å². The molecule has 102 valence electrons. The van der Waals surface area contributed by atoms with Crippen LogP contribution in [0.3, 0.4) is 0 Å². The average Bonchev–Trinajstić information content (AvgIpc) is 2.33. The van der Waals surface area contributed by atoms with Gasteiger partial charge in [-0.2, -0.15) is 0 Å². The summed E-state index contributed by atoms with van der Waals surface area (Å²) < 4.78 is 5.39. The number of hydrogen-bond acceptors (Lipinski definition) is 2. The maximum absolute atomic E-state index is 5.77. The van der Waals surface area contributed by atoms with Gasteiger partial charge in [0.1, 0.15) is 5.75 Å². The van der Waals surface area contributed by atoms with Gasteiger partial charge in [0, 0.05) is 0 Å². The lowest BCUT2D eigenvalue weighted by Crippen LogP contribution is -2.21. The number of ether oxygens (including phenoxy) is 1. The van der Waals surface area contributed by atoms with Gasteiger partial charge in [0.15, 0.2) is 0 Å². The van der Waals surface area contributed by atoms with Gasteiger partial charge < -0.3 is 10.5 Å². The summed E-state index contributed by atoms with van der Waals surface area (Å²) in [4.78, 5) is 0. The number of nitrogens with two attached hydrogens (primary N) is 1. The van der Waals surface area contributed by atoms with Crippen LogP contribution in [0.5, 0.6) is 5.75 Å². The van der Waals surface area contributed by atoms with Crippen LogP contribution in [0.2, 0.25) is 0 Å². The molecular formula is C16H27NO. The first-order valence-corrected chi connectivity index (χ1v) is 6.80. The molecule has 1 atom stereocenters. The molecule has 0 radical (unpaired) electrons. The third-order valence-corrected chi connectivity index (χ3v) is 3.59. The van der Waals surface area contributed by atoms with Crippen LogP contribution in [0.1, 0.15) is 51.2 Å². The summed E-state index contributed by atoms with van der Waals surface area (Å²) in [5.41, 5.74) is 8.66. The highest BCUT2D eigenvalue weighted by atomic mass is 16.5. The van der Waals surface area contributed by atoms with Crippen molar-refractivity contribution in [2.45, 2.75) is 46.5 Å². The molecule has 1 unspecified atom stereocenters. The van der Waals surface area contributed by atoms with Crippen molar-refractivity contribution in [2.75, 3.05) is 13.7 Å². The van der Waals surface area contributed by atoms with Gasteiger partial charge in [0.05, 0.1) is 7.11 Å². The minimum atomic E-state index is 0.235. The summed E-state index contributed by atoms with van der Waals surface area (Å²) in [5, 5.41) is 0. The van der Waals surface area contributed by atoms with Crippen molar-refractivity contribution in [3.05, 3.63) is 29.3 Å². The van der Waals surface area contributed by atoms with E-state index < -0.39 is 0 Å². The van der Waals surface area contributed by atoms with E-state index >= 15 is 0 Å². The van der Waals surface area contributed by atoms with Gasteiger partial charge in [-0.15, -0.1) is 0 Å². The highest BCUT2D eigenvalue weighted by Gasteiger charge is 2.25. The zero-order chi connectivity index (χ0) is 13.8. The van der Waals surface area contributed by atoms with Crippen LogP contribution in [-0.4, -0.2) is 13.7 Å². The normalized spacial score (nSPS) is 13.4. The molecule has 0 fully saturated rings. The lowest BCUT2D eigenvalue weighted by molar-refractivity contribution is 0.307. The number of hydrogen-bond donors (Lipinski definition) is 1. The lowest BCUT2D eigenvalue weighted by atomic mass is 9.74. The van der Waals surface area contributed by atoms with Crippen LogP contribution < -0.4 is 10.5 Å². The van der Waals surface area contributed by atoms with Crippen molar-refractivity contribution in [1.82, 2.24) is 0 Å². The molecule has 0 aliphatic heterocycles. The molecule has 0 saturated heterocycles. The minimum absolute atomic E-state index is 0.235. The van der Waals surface area contributed by atoms with Gasteiger partial charge in [0.25, 0.3) is 0 Å². The highest BCUT2D eigenvalue weighted by Crippen LogP contribution is 2.38. The van der Waals surface area contributed by atoms with Crippen LogP contribution in [0, 0.1) is 5.41 Å². The van der Waals surface area contributed by atoms with Crippen LogP contribution in [0.15, 0.2) is 18.2 Å². The maximum Gasteiger partial charge on any atom is 0.122 e. The molecule has 0 bridgehead atoms. The first kappa shape index (κ1) is 15.0. The van der Waals surface area contributed by atoms with Crippen molar-refractivity contribution in [2.24, 2.45) is 11.1 Å². The summed E-state index contributed by atoms with van der Waals surface area (Å²) in [5.74, 6) is 1.49. The van der Waals surface area contributed by atoms with E-state index in [-0.39, 0.29) is 5.41 Å². The van der Waals surface area contributed by atoms with Gasteiger partial charge in [0.2, 0.25) is 0 Å². The van der Waals surface area contributed by atoms with Gasteiger partial charge in [-0.05, 0) is 47.9 Å². The molecule has 18 heavy (non-hydrogen) atoms. The van der Waals surface area contributed by atoms with E-state index in [1.165, 1.54) is 11.1 Å². The Morgan fingerprint density at radius 1 is 1.28 bits per heavy atom. The van der Waals surface area contributed by atoms with E-state index in [0.29, 0.717) is 5.92 Å². The number of methoxy groups -OCH3 is 1. The second-order valence-corrected chi connectivity index (χ2v) is 5.92. The average molecular weight is 249 g/mol. The van der Waals surface area contributed by atoms with Gasteiger partial charge >= 0.3 is 0 Å². The third kappa shape index (κ3) is 3.49. The smallest absolute Gasteiger partial charge is 0.122 e. The molecule has 2 N–H and O–H groups in total. The van der Waals surface area contributed by atoms with Crippen molar-refractivity contribution < 1.29 is 4.74 Å². The molecule has 0 heterocycles. The second kappa shape index (κ2) is 6.24. The third-order valence-electron chi connectivity index (χ3n) is 3.59. The molecule has 1 aromatic carbocycles. The second-order valence-electron chi connectivity index (χ2n) is 5.92. The van der Waals surface area contributed by atoms with Crippen molar-refractivity contribution in [3.63, 3.8) is 0 Å². The summed E-state index contributed by atoms with van der Waals surface area (Å²) in [6, 6.07) is 6.55. The predicted octanol–water partition coefficient (Wildman–Crippen LogP) is 3.74. The molecule has 0 spiro atoms. The van der Waals surface area contributed by atoms with E-state index in [1.54, 1.807) is 7.11 Å². The van der Waals surface area contributed by atoms with Crippen LogP contribution >= 0.6 is 0 Å². The first-order valence-electron chi connectivity index (χ1n) is 6.80. The zero-order valence-corrected chi connectivity index (χ0v) is 12.4. The van der Waals surface area contributed by atoms with Crippen LogP contribution in [0.25, 0.3) is 0 Å². The quantitative estimate of drug-likeness (QED) is 0.863. The Kier molecular flexibility index (Phi) is 5.21. The predicted molar refractivity (Wildman–Crippen MR) is 78.2 cm³/mol. The number of rotatable bonds is 5. The highest BCUT2D eigenvalue weighted by molar-refractivity contribution is 5.39. The summed E-state index contributed by atoms with van der Waals surface area (Å²) in [6.45, 7) is 9.74. The molecule has 1 rings (SSSR count). The van der Waals surface area contributed by atoms with E-state index in [0.717, 1.165) is 25.1 Å². The van der Waals surface area contributed by atoms with Crippen molar-refractivity contribution in [1.29, 1.82) is 0 Å². The Hall–Kier alpha value is -1.02. The van der Waals surface area contributed by atoms with Gasteiger partial charge in [-0.25, -0.2) is 0 Å². The Morgan fingerprint density at radius 3 is 2.39 bits per heavy atom. The fourth-order valence-electron chi connectivity index (χ4n) is 2.56. The SMILES string of the molecule is CCc1cc(C(CCN)C(C)(C)C)ccc1OC. The molecule has 2 heteroatoms. The van der Waals surface area contributed by atoms with E-state index in [2.05, 4.69) is 45.9 Å². The molecule has 1 aromatic rings.